The van der Waals surface area contributed by atoms with Crippen molar-refractivity contribution in [3.63, 3.8) is 0 Å². The number of methoxy groups -OCH3 is 3. The highest BCUT2D eigenvalue weighted by molar-refractivity contribution is 14.0. The monoisotopic (exact) mass is 471 g/mol. The smallest absolute Gasteiger partial charge is 0.203 e. The van der Waals surface area contributed by atoms with Crippen LogP contribution in [0, 0.1) is 0 Å². The van der Waals surface area contributed by atoms with E-state index in [1.54, 1.807) is 21.3 Å². The first-order valence-electron chi connectivity index (χ1n) is 8.05. The Bertz CT molecular complexity index is 709. The van der Waals surface area contributed by atoms with Gasteiger partial charge in [-0.05, 0) is 24.1 Å². The second kappa shape index (κ2) is 11.5. The third-order valence-corrected chi connectivity index (χ3v) is 3.77. The van der Waals surface area contributed by atoms with E-state index in [1.165, 1.54) is 5.56 Å². The molecule has 0 aromatic heterocycles. The zero-order valence-corrected chi connectivity index (χ0v) is 17.7. The topological polar surface area (TPSA) is 78.1 Å². The summed E-state index contributed by atoms with van der Waals surface area (Å²) in [7, 11) is 4.75. The van der Waals surface area contributed by atoms with Gasteiger partial charge in [0.05, 0.1) is 27.9 Å². The minimum absolute atomic E-state index is 0. The maximum atomic E-state index is 5.95. The maximum Gasteiger partial charge on any atom is 0.203 e. The van der Waals surface area contributed by atoms with Crippen molar-refractivity contribution in [2.24, 2.45) is 10.7 Å². The fraction of sp³-hybridized carbons (Fsp3) is 0.316. The fourth-order valence-corrected chi connectivity index (χ4v) is 2.49. The van der Waals surface area contributed by atoms with Gasteiger partial charge in [0.2, 0.25) is 5.75 Å². The molecule has 3 N–H and O–H groups in total. The summed E-state index contributed by atoms with van der Waals surface area (Å²) in [6, 6.07) is 13.9. The molecule has 0 amide bonds. The quantitative estimate of drug-likeness (QED) is 0.352. The first-order chi connectivity index (χ1) is 12.2. The average Bonchev–Trinajstić information content (AvgIpc) is 2.66. The zero-order chi connectivity index (χ0) is 18.1. The Morgan fingerprint density at radius 3 is 2.27 bits per heavy atom. The molecule has 7 heteroatoms. The Morgan fingerprint density at radius 2 is 1.65 bits per heavy atom. The van der Waals surface area contributed by atoms with E-state index in [1.807, 2.05) is 30.3 Å². The Hall–Kier alpha value is -2.16. The van der Waals surface area contributed by atoms with Crippen molar-refractivity contribution >= 4 is 29.9 Å². The van der Waals surface area contributed by atoms with Gasteiger partial charge in [-0.1, -0.05) is 30.3 Å². The van der Waals surface area contributed by atoms with Crippen molar-refractivity contribution in [2.45, 2.75) is 13.0 Å². The van der Waals surface area contributed by atoms with Crippen molar-refractivity contribution in [2.75, 3.05) is 27.9 Å². The van der Waals surface area contributed by atoms with Crippen LogP contribution in [-0.2, 0) is 13.0 Å². The minimum Gasteiger partial charge on any atom is -0.493 e. The number of rotatable bonds is 8. The molecule has 0 spiro atoms. The van der Waals surface area contributed by atoms with Crippen LogP contribution in [0.3, 0.4) is 0 Å². The van der Waals surface area contributed by atoms with E-state index >= 15 is 0 Å². The van der Waals surface area contributed by atoms with E-state index in [2.05, 4.69) is 22.4 Å². The van der Waals surface area contributed by atoms with Gasteiger partial charge in [-0.25, -0.2) is 4.99 Å². The van der Waals surface area contributed by atoms with Crippen molar-refractivity contribution in [3.05, 3.63) is 53.6 Å². The van der Waals surface area contributed by atoms with Gasteiger partial charge in [-0.2, -0.15) is 0 Å². The summed E-state index contributed by atoms with van der Waals surface area (Å²) in [6.45, 7) is 1.11. The highest BCUT2D eigenvalue weighted by atomic mass is 127. The molecule has 0 aliphatic carbocycles. The SMILES string of the molecule is COc1ccc(CN=C(N)NCCc2ccccc2)c(OC)c1OC.I. The molecule has 0 aliphatic rings. The predicted molar refractivity (Wildman–Crippen MR) is 115 cm³/mol. The highest BCUT2D eigenvalue weighted by Crippen LogP contribution is 2.39. The molecule has 0 bridgehead atoms. The van der Waals surface area contributed by atoms with Gasteiger partial charge in [0.15, 0.2) is 17.5 Å². The van der Waals surface area contributed by atoms with Crippen molar-refractivity contribution in [1.82, 2.24) is 5.32 Å². The number of nitrogens with two attached hydrogens (primary N) is 1. The van der Waals surface area contributed by atoms with Crippen molar-refractivity contribution in [3.8, 4) is 17.2 Å². The molecular weight excluding hydrogens is 445 g/mol. The summed E-state index contributed by atoms with van der Waals surface area (Å²) >= 11 is 0. The van der Waals surface area contributed by atoms with Gasteiger partial charge < -0.3 is 25.3 Å². The number of ether oxygens (including phenoxy) is 3. The van der Waals surface area contributed by atoms with Crippen LogP contribution < -0.4 is 25.3 Å². The Kier molecular flexibility index (Phi) is 9.64. The van der Waals surface area contributed by atoms with E-state index in [0.717, 1.165) is 18.5 Å². The summed E-state index contributed by atoms with van der Waals surface area (Å²) in [6.07, 6.45) is 0.886. The summed E-state index contributed by atoms with van der Waals surface area (Å²) in [5, 5.41) is 3.12. The van der Waals surface area contributed by atoms with Gasteiger partial charge in [-0.15, -0.1) is 24.0 Å². The number of hydrogen-bond donors (Lipinski definition) is 2. The Labute approximate surface area is 171 Å². The van der Waals surface area contributed by atoms with Gasteiger partial charge in [-0.3, -0.25) is 0 Å². The Balaban J connectivity index is 0.00000338. The molecule has 2 rings (SSSR count). The van der Waals surface area contributed by atoms with Crippen LogP contribution in [0.15, 0.2) is 47.5 Å². The second-order valence-corrected chi connectivity index (χ2v) is 5.36. The number of guanidine groups is 1. The molecular formula is C19H26IN3O3. The molecule has 2 aromatic rings. The summed E-state index contributed by atoms with van der Waals surface area (Å²) < 4.78 is 16.1. The lowest BCUT2D eigenvalue weighted by Crippen LogP contribution is -2.33. The standard InChI is InChI=1S/C19H25N3O3.HI/c1-23-16-10-9-15(17(24-2)18(16)25-3)13-22-19(20)21-12-11-14-7-5-4-6-8-14;/h4-10H,11-13H2,1-3H3,(H3,20,21,22);1H. The largest absolute Gasteiger partial charge is 0.493 e. The van der Waals surface area contributed by atoms with Crippen LogP contribution in [0.4, 0.5) is 0 Å². The summed E-state index contributed by atoms with van der Waals surface area (Å²) in [4.78, 5) is 4.37. The predicted octanol–water partition coefficient (Wildman–Crippen LogP) is 2.98. The normalized spacial score (nSPS) is 10.7. The molecule has 0 saturated carbocycles. The van der Waals surface area contributed by atoms with Gasteiger partial charge >= 0.3 is 0 Å². The second-order valence-electron chi connectivity index (χ2n) is 5.36. The van der Waals surface area contributed by atoms with Crippen molar-refractivity contribution < 1.29 is 14.2 Å². The van der Waals surface area contributed by atoms with E-state index in [4.69, 9.17) is 19.9 Å². The molecule has 0 aliphatic heterocycles. The van der Waals surface area contributed by atoms with Crippen LogP contribution in [0.25, 0.3) is 0 Å². The minimum atomic E-state index is 0. The molecule has 0 heterocycles. The van der Waals surface area contributed by atoms with Crippen LogP contribution in [0.1, 0.15) is 11.1 Å². The van der Waals surface area contributed by atoms with Gasteiger partial charge in [0.1, 0.15) is 0 Å². The van der Waals surface area contributed by atoms with E-state index in [9.17, 15) is 0 Å². The molecule has 0 unspecified atom stereocenters. The molecule has 0 fully saturated rings. The third-order valence-electron chi connectivity index (χ3n) is 3.77. The Morgan fingerprint density at radius 1 is 0.962 bits per heavy atom. The van der Waals surface area contributed by atoms with E-state index < -0.39 is 0 Å². The fourth-order valence-electron chi connectivity index (χ4n) is 2.49. The first kappa shape index (κ1) is 21.9. The number of halogens is 1. The first-order valence-corrected chi connectivity index (χ1v) is 8.05. The lowest BCUT2D eigenvalue weighted by Gasteiger charge is -2.15. The lowest BCUT2D eigenvalue weighted by molar-refractivity contribution is 0.322. The van der Waals surface area contributed by atoms with Crippen LogP contribution in [0.2, 0.25) is 0 Å². The molecule has 142 valence electrons. The summed E-state index contributed by atoms with van der Waals surface area (Å²) in [5.41, 5.74) is 8.07. The maximum absolute atomic E-state index is 5.95. The lowest BCUT2D eigenvalue weighted by atomic mass is 10.1. The van der Waals surface area contributed by atoms with Gasteiger partial charge in [0, 0.05) is 12.1 Å². The molecule has 0 radical (unpaired) electrons. The number of nitrogens with one attached hydrogen (secondary N) is 1. The third kappa shape index (κ3) is 5.98. The van der Waals surface area contributed by atoms with Gasteiger partial charge in [0.25, 0.3) is 0 Å². The number of nitrogens with zero attached hydrogens (tertiary/aromatic N) is 1. The van der Waals surface area contributed by atoms with Crippen LogP contribution >= 0.6 is 24.0 Å². The molecule has 2 aromatic carbocycles. The van der Waals surface area contributed by atoms with Crippen LogP contribution in [0.5, 0.6) is 17.2 Å². The van der Waals surface area contributed by atoms with E-state index in [0.29, 0.717) is 29.8 Å². The molecule has 0 saturated heterocycles. The average molecular weight is 471 g/mol. The number of aliphatic imine (C=N–C) groups is 1. The number of hydrogen-bond acceptors (Lipinski definition) is 4. The van der Waals surface area contributed by atoms with E-state index in [-0.39, 0.29) is 24.0 Å². The molecule has 0 atom stereocenters. The van der Waals surface area contributed by atoms with Crippen molar-refractivity contribution in [1.29, 1.82) is 0 Å². The zero-order valence-electron chi connectivity index (χ0n) is 15.3. The molecule has 26 heavy (non-hydrogen) atoms. The molecule has 6 nitrogen and oxygen atoms in total. The van der Waals surface area contributed by atoms with Crippen LogP contribution in [-0.4, -0.2) is 33.8 Å². The highest BCUT2D eigenvalue weighted by Gasteiger charge is 2.15. The number of benzene rings is 2. The summed E-state index contributed by atoms with van der Waals surface area (Å²) in [5.74, 6) is 2.16.